The first-order valence-corrected chi connectivity index (χ1v) is 11.4. The molecule has 1 amide bonds. The smallest absolute Gasteiger partial charge is 0.228 e. The SMILES string of the molecule is COc1cccc(C2CN(C(=S)NC(C)C)CC2C(=O)N2CCc3ccccc3C2)c1. The van der Waals surface area contributed by atoms with Crippen LogP contribution >= 0.6 is 12.2 Å². The summed E-state index contributed by atoms with van der Waals surface area (Å²) in [6, 6.07) is 16.8. The zero-order valence-electron chi connectivity index (χ0n) is 18.5. The van der Waals surface area contributed by atoms with Crippen LogP contribution in [-0.2, 0) is 17.8 Å². The van der Waals surface area contributed by atoms with Crippen LogP contribution in [-0.4, -0.2) is 53.6 Å². The molecule has 1 saturated heterocycles. The highest BCUT2D eigenvalue weighted by Crippen LogP contribution is 2.36. The fourth-order valence-corrected chi connectivity index (χ4v) is 5.07. The molecule has 2 heterocycles. The summed E-state index contributed by atoms with van der Waals surface area (Å²) in [4.78, 5) is 17.9. The van der Waals surface area contributed by atoms with E-state index < -0.39 is 0 Å². The third kappa shape index (κ3) is 4.69. The summed E-state index contributed by atoms with van der Waals surface area (Å²) in [6.45, 7) is 6.98. The standard InChI is InChI=1S/C25H31N3O2S/c1-17(2)26-25(31)28-15-22(19-9-6-10-21(13-19)30-3)23(16-28)24(29)27-12-11-18-7-4-5-8-20(18)14-27/h4-10,13,17,22-23H,11-12,14-16H2,1-3H3,(H,26,31). The summed E-state index contributed by atoms with van der Waals surface area (Å²) >= 11 is 5.65. The van der Waals surface area contributed by atoms with Gasteiger partial charge in [0.1, 0.15) is 5.75 Å². The zero-order valence-corrected chi connectivity index (χ0v) is 19.3. The summed E-state index contributed by atoms with van der Waals surface area (Å²) < 4.78 is 5.45. The maximum atomic E-state index is 13.7. The molecule has 6 heteroatoms. The Hall–Kier alpha value is -2.60. The van der Waals surface area contributed by atoms with E-state index >= 15 is 0 Å². The van der Waals surface area contributed by atoms with E-state index in [1.807, 2.05) is 17.0 Å². The molecule has 1 fully saturated rings. The van der Waals surface area contributed by atoms with Crippen LogP contribution < -0.4 is 10.1 Å². The van der Waals surface area contributed by atoms with Gasteiger partial charge in [0.05, 0.1) is 13.0 Å². The second-order valence-corrected chi connectivity index (χ2v) is 9.16. The monoisotopic (exact) mass is 437 g/mol. The number of hydrogen-bond acceptors (Lipinski definition) is 3. The first-order chi connectivity index (χ1) is 15.0. The average Bonchev–Trinajstić information content (AvgIpc) is 3.23. The van der Waals surface area contributed by atoms with E-state index in [1.54, 1.807) is 7.11 Å². The molecule has 2 unspecified atom stereocenters. The Morgan fingerprint density at radius 3 is 2.61 bits per heavy atom. The minimum Gasteiger partial charge on any atom is -0.497 e. The summed E-state index contributed by atoms with van der Waals surface area (Å²) in [7, 11) is 1.68. The number of methoxy groups -OCH3 is 1. The van der Waals surface area contributed by atoms with Crippen molar-refractivity contribution in [3.05, 3.63) is 65.2 Å². The quantitative estimate of drug-likeness (QED) is 0.741. The second-order valence-electron chi connectivity index (χ2n) is 8.78. The number of nitrogens with one attached hydrogen (secondary N) is 1. The number of rotatable bonds is 4. The van der Waals surface area contributed by atoms with Crippen molar-refractivity contribution in [1.82, 2.24) is 15.1 Å². The van der Waals surface area contributed by atoms with Crippen LogP contribution in [0, 0.1) is 5.92 Å². The fraction of sp³-hybridized carbons (Fsp3) is 0.440. The molecule has 0 bridgehead atoms. The van der Waals surface area contributed by atoms with E-state index in [1.165, 1.54) is 11.1 Å². The Kier molecular flexibility index (Phi) is 6.46. The summed E-state index contributed by atoms with van der Waals surface area (Å²) in [6.07, 6.45) is 0.912. The highest BCUT2D eigenvalue weighted by molar-refractivity contribution is 7.80. The number of likely N-dealkylation sites (tertiary alicyclic amines) is 1. The van der Waals surface area contributed by atoms with Gasteiger partial charge in [-0.2, -0.15) is 0 Å². The predicted octanol–water partition coefficient (Wildman–Crippen LogP) is 3.58. The van der Waals surface area contributed by atoms with Crippen LogP contribution in [0.25, 0.3) is 0 Å². The topological polar surface area (TPSA) is 44.8 Å². The van der Waals surface area contributed by atoms with E-state index in [-0.39, 0.29) is 23.8 Å². The van der Waals surface area contributed by atoms with Crippen molar-refractivity contribution in [2.24, 2.45) is 5.92 Å². The highest BCUT2D eigenvalue weighted by Gasteiger charge is 2.41. The number of hydrogen-bond donors (Lipinski definition) is 1. The Bertz CT molecular complexity index is 961. The predicted molar refractivity (Wildman–Crippen MR) is 127 cm³/mol. The number of carbonyl (C=O) groups excluding carboxylic acids is 1. The first-order valence-electron chi connectivity index (χ1n) is 11.0. The van der Waals surface area contributed by atoms with Crippen LogP contribution in [0.5, 0.6) is 5.75 Å². The minimum absolute atomic E-state index is 0.0756. The van der Waals surface area contributed by atoms with Crippen molar-refractivity contribution in [3.8, 4) is 5.75 Å². The molecule has 2 aliphatic rings. The zero-order chi connectivity index (χ0) is 22.0. The molecular weight excluding hydrogens is 406 g/mol. The number of ether oxygens (including phenoxy) is 1. The van der Waals surface area contributed by atoms with Gasteiger partial charge in [0.15, 0.2) is 5.11 Å². The van der Waals surface area contributed by atoms with Crippen LogP contribution in [0.15, 0.2) is 48.5 Å². The largest absolute Gasteiger partial charge is 0.497 e. The number of thiocarbonyl (C=S) groups is 1. The van der Waals surface area contributed by atoms with E-state index in [0.29, 0.717) is 13.1 Å². The summed E-state index contributed by atoms with van der Waals surface area (Å²) in [5.74, 6) is 0.977. The number of carbonyl (C=O) groups is 1. The Morgan fingerprint density at radius 2 is 1.87 bits per heavy atom. The van der Waals surface area contributed by atoms with E-state index in [0.717, 1.165) is 35.9 Å². The van der Waals surface area contributed by atoms with E-state index in [9.17, 15) is 4.79 Å². The van der Waals surface area contributed by atoms with Gasteiger partial charge >= 0.3 is 0 Å². The molecule has 0 saturated carbocycles. The molecular formula is C25H31N3O2S. The van der Waals surface area contributed by atoms with Crippen molar-refractivity contribution in [2.75, 3.05) is 26.7 Å². The van der Waals surface area contributed by atoms with Gasteiger partial charge in [0, 0.05) is 38.1 Å². The van der Waals surface area contributed by atoms with Gasteiger partial charge in [-0.3, -0.25) is 4.79 Å². The fourth-order valence-electron chi connectivity index (χ4n) is 4.69. The lowest BCUT2D eigenvalue weighted by atomic mass is 9.87. The van der Waals surface area contributed by atoms with Gasteiger partial charge in [-0.25, -0.2) is 0 Å². The Balaban J connectivity index is 1.59. The molecule has 0 aliphatic carbocycles. The summed E-state index contributed by atoms with van der Waals surface area (Å²) in [5.41, 5.74) is 3.74. The van der Waals surface area contributed by atoms with Gasteiger partial charge in [-0.1, -0.05) is 36.4 Å². The third-order valence-electron chi connectivity index (χ3n) is 6.30. The molecule has 2 atom stereocenters. The highest BCUT2D eigenvalue weighted by atomic mass is 32.1. The van der Waals surface area contributed by atoms with Gasteiger partial charge in [-0.05, 0) is 61.3 Å². The molecule has 1 N–H and O–H groups in total. The average molecular weight is 438 g/mol. The van der Waals surface area contributed by atoms with Gasteiger partial charge < -0.3 is 19.9 Å². The Labute approximate surface area is 190 Å². The van der Waals surface area contributed by atoms with Crippen LogP contribution in [0.1, 0.15) is 36.5 Å². The number of amides is 1. The molecule has 4 rings (SSSR count). The van der Waals surface area contributed by atoms with Crippen molar-refractivity contribution in [1.29, 1.82) is 0 Å². The molecule has 164 valence electrons. The second kappa shape index (κ2) is 9.27. The van der Waals surface area contributed by atoms with Crippen molar-refractivity contribution >= 4 is 23.2 Å². The molecule has 0 radical (unpaired) electrons. The molecule has 0 spiro atoms. The lowest BCUT2D eigenvalue weighted by molar-refractivity contribution is -0.136. The number of fused-ring (bicyclic) bond motifs is 1. The van der Waals surface area contributed by atoms with Crippen LogP contribution in [0.2, 0.25) is 0 Å². The van der Waals surface area contributed by atoms with E-state index in [2.05, 4.69) is 60.5 Å². The number of nitrogens with zero attached hydrogens (tertiary/aromatic N) is 2. The van der Waals surface area contributed by atoms with Crippen molar-refractivity contribution in [2.45, 2.75) is 38.8 Å². The minimum atomic E-state index is -0.135. The van der Waals surface area contributed by atoms with Crippen LogP contribution in [0.4, 0.5) is 0 Å². The van der Waals surface area contributed by atoms with Gasteiger partial charge in [0.2, 0.25) is 5.91 Å². The Morgan fingerprint density at radius 1 is 1.10 bits per heavy atom. The molecule has 0 aromatic heterocycles. The normalized spacial score (nSPS) is 20.5. The van der Waals surface area contributed by atoms with Crippen molar-refractivity contribution < 1.29 is 9.53 Å². The van der Waals surface area contributed by atoms with Gasteiger partial charge in [-0.15, -0.1) is 0 Å². The molecule has 2 aromatic rings. The number of benzene rings is 2. The lowest BCUT2D eigenvalue weighted by Gasteiger charge is -2.32. The first kappa shape index (κ1) is 21.6. The van der Waals surface area contributed by atoms with Crippen LogP contribution in [0.3, 0.4) is 0 Å². The third-order valence-corrected chi connectivity index (χ3v) is 6.68. The molecule has 5 nitrogen and oxygen atoms in total. The molecule has 2 aromatic carbocycles. The van der Waals surface area contributed by atoms with Crippen molar-refractivity contribution in [3.63, 3.8) is 0 Å². The maximum absolute atomic E-state index is 13.7. The maximum Gasteiger partial charge on any atom is 0.228 e. The summed E-state index contributed by atoms with van der Waals surface area (Å²) in [5, 5.41) is 4.06. The van der Waals surface area contributed by atoms with E-state index in [4.69, 9.17) is 17.0 Å². The lowest BCUT2D eigenvalue weighted by Crippen LogP contribution is -2.44. The molecule has 2 aliphatic heterocycles. The van der Waals surface area contributed by atoms with Gasteiger partial charge in [0.25, 0.3) is 0 Å². The molecule has 31 heavy (non-hydrogen) atoms.